The molecule has 1 aromatic carbocycles. The summed E-state index contributed by atoms with van der Waals surface area (Å²) in [5, 5.41) is 28.5. The number of nitrogens with one attached hydrogen (secondary N) is 1. The van der Waals surface area contributed by atoms with Crippen LogP contribution in [-0.2, 0) is 11.5 Å². The summed E-state index contributed by atoms with van der Waals surface area (Å²) in [5.41, 5.74) is -3.71. The maximum atomic E-state index is 14.6. The largest absolute Gasteiger partial charge is 0.358 e. The maximum Gasteiger partial charge on any atom is 0.253 e. The molecule has 0 fully saturated rings. The number of H-pyrrole nitrogens is 1. The second kappa shape index (κ2) is 4.43. The fraction of sp³-hybridized carbons (Fsp3) is 0.273. The van der Waals surface area contributed by atoms with Gasteiger partial charge in [0.1, 0.15) is 12.4 Å². The summed E-state index contributed by atoms with van der Waals surface area (Å²) in [5.74, 6) is -3.11. The Morgan fingerprint density at radius 2 is 1.89 bits per heavy atom. The van der Waals surface area contributed by atoms with Crippen molar-refractivity contribution in [3.63, 3.8) is 0 Å². The lowest BCUT2D eigenvalue weighted by Gasteiger charge is -2.33. The highest BCUT2D eigenvalue weighted by Gasteiger charge is 2.55. The van der Waals surface area contributed by atoms with Gasteiger partial charge >= 0.3 is 0 Å². The van der Waals surface area contributed by atoms with E-state index in [0.29, 0.717) is 0 Å². The number of alkyl halides is 2. The molecule has 0 saturated carbocycles. The molecule has 7 heteroatoms. The first-order valence-electron chi connectivity index (χ1n) is 5.14. The number of aliphatic hydroxyl groups is 2. The van der Waals surface area contributed by atoms with Crippen molar-refractivity contribution < 1.29 is 19.0 Å². The first kappa shape index (κ1) is 12.6. The lowest BCUT2D eigenvalue weighted by Crippen LogP contribution is -2.48. The van der Waals surface area contributed by atoms with Gasteiger partial charge in [0.25, 0.3) is 5.79 Å². The quantitative estimate of drug-likeness (QED) is 0.705. The van der Waals surface area contributed by atoms with Gasteiger partial charge in [-0.05, 0) is 5.56 Å². The predicted molar refractivity (Wildman–Crippen MR) is 57.7 cm³/mol. The Labute approximate surface area is 101 Å². The molecular weight excluding hydrogens is 244 g/mol. The van der Waals surface area contributed by atoms with Crippen LogP contribution in [0.1, 0.15) is 11.3 Å². The van der Waals surface area contributed by atoms with Crippen LogP contribution in [-0.4, -0.2) is 32.3 Å². The minimum atomic E-state index is -3.11. The Morgan fingerprint density at radius 3 is 2.39 bits per heavy atom. The Balaban J connectivity index is 2.51. The number of aromatic amines is 1. The summed E-state index contributed by atoms with van der Waals surface area (Å²) in [4.78, 5) is 0. The van der Waals surface area contributed by atoms with Gasteiger partial charge in [-0.2, -0.15) is 0 Å². The molecule has 18 heavy (non-hydrogen) atoms. The molecule has 1 heterocycles. The minimum absolute atomic E-state index is 0.194. The van der Waals surface area contributed by atoms with Gasteiger partial charge in [0.05, 0.1) is 6.20 Å². The van der Waals surface area contributed by atoms with Crippen LogP contribution in [0.4, 0.5) is 8.78 Å². The van der Waals surface area contributed by atoms with Gasteiger partial charge in [0.2, 0.25) is 5.67 Å². The van der Waals surface area contributed by atoms with E-state index in [0.717, 1.165) is 6.20 Å². The normalized spacial score (nSPS) is 15.3. The standard InChI is InChI=1S/C11H11F2N3O2/c12-7-10(13,8-4-2-1-3-5-8)11(17,18)9-6-14-16-15-9/h1-6,17-18H,7H2,(H,14,15,16). The highest BCUT2D eigenvalue weighted by molar-refractivity contribution is 5.28. The number of rotatable bonds is 4. The highest BCUT2D eigenvalue weighted by atomic mass is 19.2. The van der Waals surface area contributed by atoms with Crippen LogP contribution in [0.5, 0.6) is 0 Å². The fourth-order valence-electron chi connectivity index (χ4n) is 1.65. The molecule has 0 amide bonds. The lowest BCUT2D eigenvalue weighted by molar-refractivity contribution is -0.270. The van der Waals surface area contributed by atoms with Crippen LogP contribution in [0.15, 0.2) is 36.5 Å². The SMILES string of the molecule is OC(O)(c1c[nH]nn1)C(F)(CF)c1ccccc1. The first-order valence-corrected chi connectivity index (χ1v) is 5.14. The molecule has 2 rings (SSSR count). The van der Waals surface area contributed by atoms with Crippen LogP contribution in [0.3, 0.4) is 0 Å². The van der Waals surface area contributed by atoms with Gasteiger partial charge in [-0.15, -0.1) is 5.10 Å². The van der Waals surface area contributed by atoms with Gasteiger partial charge in [0, 0.05) is 0 Å². The number of benzene rings is 1. The zero-order chi connectivity index (χ0) is 13.2. The van der Waals surface area contributed by atoms with Crippen molar-refractivity contribution in [3.8, 4) is 0 Å². The molecule has 1 unspecified atom stereocenters. The Morgan fingerprint density at radius 1 is 1.22 bits per heavy atom. The maximum absolute atomic E-state index is 14.6. The Bertz CT molecular complexity index is 504. The van der Waals surface area contributed by atoms with Gasteiger partial charge < -0.3 is 10.2 Å². The third kappa shape index (κ3) is 1.77. The number of hydrogen-bond acceptors (Lipinski definition) is 4. The third-order valence-corrected chi connectivity index (χ3v) is 2.74. The van der Waals surface area contributed by atoms with E-state index < -0.39 is 23.8 Å². The molecule has 0 saturated heterocycles. The zero-order valence-electron chi connectivity index (χ0n) is 9.22. The van der Waals surface area contributed by atoms with Crippen molar-refractivity contribution in [2.45, 2.75) is 11.5 Å². The molecule has 0 aliphatic heterocycles. The van der Waals surface area contributed by atoms with Crippen molar-refractivity contribution in [2.24, 2.45) is 0 Å². The van der Waals surface area contributed by atoms with Crippen LogP contribution in [0.25, 0.3) is 0 Å². The fourth-order valence-corrected chi connectivity index (χ4v) is 1.65. The van der Waals surface area contributed by atoms with Crippen LogP contribution in [0.2, 0.25) is 0 Å². The van der Waals surface area contributed by atoms with Gasteiger partial charge in [-0.3, -0.25) is 5.10 Å². The molecular formula is C11H11F2N3O2. The van der Waals surface area contributed by atoms with E-state index in [1.54, 1.807) is 6.07 Å². The van der Waals surface area contributed by atoms with E-state index in [1.165, 1.54) is 24.3 Å². The van der Waals surface area contributed by atoms with Crippen LogP contribution >= 0.6 is 0 Å². The van der Waals surface area contributed by atoms with E-state index in [4.69, 9.17) is 0 Å². The smallest absolute Gasteiger partial charge is 0.253 e. The molecule has 0 aliphatic carbocycles. The van der Waals surface area contributed by atoms with Gasteiger partial charge in [0.15, 0.2) is 0 Å². The topological polar surface area (TPSA) is 82.0 Å². The average Bonchev–Trinajstić information content (AvgIpc) is 2.93. The molecule has 1 aromatic heterocycles. The molecule has 0 aliphatic rings. The first-order chi connectivity index (χ1) is 8.52. The van der Waals surface area contributed by atoms with Crippen molar-refractivity contribution >= 4 is 0 Å². The van der Waals surface area contributed by atoms with E-state index in [-0.39, 0.29) is 5.56 Å². The third-order valence-electron chi connectivity index (χ3n) is 2.74. The summed E-state index contributed by atoms with van der Waals surface area (Å²) >= 11 is 0. The van der Waals surface area contributed by atoms with E-state index >= 15 is 0 Å². The van der Waals surface area contributed by atoms with Crippen molar-refractivity contribution in [3.05, 3.63) is 47.8 Å². The predicted octanol–water partition coefficient (Wildman–Crippen LogP) is 0.777. The average molecular weight is 255 g/mol. The molecule has 0 bridgehead atoms. The summed E-state index contributed by atoms with van der Waals surface area (Å²) in [6.07, 6.45) is 0.993. The zero-order valence-corrected chi connectivity index (χ0v) is 9.22. The molecule has 0 spiro atoms. The summed E-state index contributed by atoms with van der Waals surface area (Å²) in [7, 11) is 0. The van der Waals surface area contributed by atoms with Crippen molar-refractivity contribution in [1.82, 2.24) is 15.4 Å². The Kier molecular flexibility index (Phi) is 3.10. The van der Waals surface area contributed by atoms with Gasteiger partial charge in [-0.1, -0.05) is 35.5 Å². The van der Waals surface area contributed by atoms with Gasteiger partial charge in [-0.25, -0.2) is 8.78 Å². The molecule has 2 aromatic rings. The second-order valence-corrected chi connectivity index (χ2v) is 3.83. The minimum Gasteiger partial charge on any atom is -0.358 e. The van der Waals surface area contributed by atoms with Crippen LogP contribution in [0, 0.1) is 0 Å². The van der Waals surface area contributed by atoms with E-state index in [2.05, 4.69) is 15.4 Å². The summed E-state index contributed by atoms with van der Waals surface area (Å²) < 4.78 is 27.7. The number of hydrogen-bond donors (Lipinski definition) is 3. The Hall–Kier alpha value is -1.86. The molecule has 3 N–H and O–H groups in total. The monoisotopic (exact) mass is 255 g/mol. The van der Waals surface area contributed by atoms with Crippen LogP contribution < -0.4 is 0 Å². The number of nitrogens with zero attached hydrogens (tertiary/aromatic N) is 2. The van der Waals surface area contributed by atoms with Crippen molar-refractivity contribution in [1.29, 1.82) is 0 Å². The molecule has 1 atom stereocenters. The van der Waals surface area contributed by atoms with Crippen molar-refractivity contribution in [2.75, 3.05) is 6.67 Å². The molecule has 0 radical (unpaired) electrons. The molecule has 96 valence electrons. The molecule has 5 nitrogen and oxygen atoms in total. The van der Waals surface area contributed by atoms with E-state index in [1.807, 2.05) is 0 Å². The number of halogens is 2. The summed E-state index contributed by atoms with van der Waals surface area (Å²) in [6, 6.07) is 7.08. The van der Waals surface area contributed by atoms with E-state index in [9.17, 15) is 19.0 Å². The lowest BCUT2D eigenvalue weighted by atomic mass is 9.86. The highest BCUT2D eigenvalue weighted by Crippen LogP contribution is 2.41. The summed E-state index contributed by atoms with van der Waals surface area (Å²) in [6.45, 7) is -1.61. The second-order valence-electron chi connectivity index (χ2n) is 3.83. The number of aromatic nitrogens is 3.